The summed E-state index contributed by atoms with van der Waals surface area (Å²) in [6.45, 7) is 4.95. The molecule has 0 radical (unpaired) electrons. The number of aliphatic imine (C=N–C) groups is 1. The van der Waals surface area contributed by atoms with Crippen molar-refractivity contribution in [3.05, 3.63) is 11.3 Å². The lowest BCUT2D eigenvalue weighted by molar-refractivity contribution is 0.877. The lowest BCUT2D eigenvalue weighted by atomic mass is 10.2. The lowest BCUT2D eigenvalue weighted by Crippen LogP contribution is -2.15. The SMILES string of the molecule is C1=NCC2=C(CCC2)N1.CC. The van der Waals surface area contributed by atoms with Gasteiger partial charge < -0.3 is 5.32 Å². The maximum absolute atomic E-state index is 4.13. The first-order valence-corrected chi connectivity index (χ1v) is 4.42. The molecule has 1 heterocycles. The van der Waals surface area contributed by atoms with Gasteiger partial charge in [0, 0.05) is 5.70 Å². The van der Waals surface area contributed by atoms with Crippen LogP contribution in [-0.2, 0) is 0 Å². The van der Waals surface area contributed by atoms with Gasteiger partial charge in [-0.15, -0.1) is 0 Å². The Labute approximate surface area is 68.4 Å². The van der Waals surface area contributed by atoms with Gasteiger partial charge in [0.1, 0.15) is 0 Å². The van der Waals surface area contributed by atoms with Crippen LogP contribution in [0.5, 0.6) is 0 Å². The highest BCUT2D eigenvalue weighted by Crippen LogP contribution is 2.24. The van der Waals surface area contributed by atoms with Crippen molar-refractivity contribution < 1.29 is 0 Å². The third kappa shape index (κ3) is 1.82. The molecule has 0 saturated heterocycles. The van der Waals surface area contributed by atoms with Crippen molar-refractivity contribution in [3.63, 3.8) is 0 Å². The average molecular weight is 152 g/mol. The standard InChI is InChI=1S/C7H10N2.C2H6/c1-2-6-4-8-5-9-7(6)3-1;1-2/h5H,1-4H2,(H,8,9);1-2H3. The fourth-order valence-electron chi connectivity index (χ4n) is 1.43. The van der Waals surface area contributed by atoms with E-state index in [1.54, 1.807) is 0 Å². The molecule has 0 atom stereocenters. The van der Waals surface area contributed by atoms with Crippen molar-refractivity contribution in [1.82, 2.24) is 5.32 Å². The highest BCUT2D eigenvalue weighted by Gasteiger charge is 2.14. The monoisotopic (exact) mass is 152 g/mol. The van der Waals surface area contributed by atoms with Crippen LogP contribution < -0.4 is 5.32 Å². The number of nitrogens with zero attached hydrogens (tertiary/aromatic N) is 1. The Kier molecular flexibility index (Phi) is 3.14. The molecule has 11 heavy (non-hydrogen) atoms. The molecule has 0 fully saturated rings. The third-order valence-corrected chi connectivity index (χ3v) is 1.94. The van der Waals surface area contributed by atoms with E-state index in [2.05, 4.69) is 10.3 Å². The minimum absolute atomic E-state index is 0.947. The molecule has 0 bridgehead atoms. The van der Waals surface area contributed by atoms with Gasteiger partial charge in [0.2, 0.25) is 0 Å². The van der Waals surface area contributed by atoms with Gasteiger partial charge in [0.05, 0.1) is 12.9 Å². The van der Waals surface area contributed by atoms with E-state index >= 15 is 0 Å². The summed E-state index contributed by atoms with van der Waals surface area (Å²) >= 11 is 0. The highest BCUT2D eigenvalue weighted by atomic mass is 15.0. The van der Waals surface area contributed by atoms with Crippen LogP contribution in [0.1, 0.15) is 33.1 Å². The normalized spacial score (nSPS) is 20.2. The van der Waals surface area contributed by atoms with Crippen LogP contribution in [0.15, 0.2) is 16.3 Å². The molecule has 0 unspecified atom stereocenters. The van der Waals surface area contributed by atoms with Gasteiger partial charge in [-0.25, -0.2) is 0 Å². The minimum atomic E-state index is 0.947. The summed E-state index contributed by atoms with van der Waals surface area (Å²) in [6.07, 6.45) is 5.63. The molecule has 1 N–H and O–H groups in total. The average Bonchev–Trinajstić information content (AvgIpc) is 2.55. The molecule has 0 aromatic heterocycles. The Balaban J connectivity index is 0.000000281. The van der Waals surface area contributed by atoms with Crippen molar-refractivity contribution in [2.75, 3.05) is 6.54 Å². The van der Waals surface area contributed by atoms with Crippen molar-refractivity contribution in [2.24, 2.45) is 4.99 Å². The van der Waals surface area contributed by atoms with E-state index in [4.69, 9.17) is 0 Å². The molecular weight excluding hydrogens is 136 g/mol. The minimum Gasteiger partial charge on any atom is -0.350 e. The summed E-state index contributed by atoms with van der Waals surface area (Å²) < 4.78 is 0. The Morgan fingerprint density at radius 2 is 2.18 bits per heavy atom. The molecule has 2 heteroatoms. The summed E-state index contributed by atoms with van der Waals surface area (Å²) in [7, 11) is 0. The maximum atomic E-state index is 4.13. The number of rotatable bonds is 0. The second kappa shape index (κ2) is 4.16. The molecule has 2 aliphatic rings. The van der Waals surface area contributed by atoms with E-state index in [-0.39, 0.29) is 0 Å². The van der Waals surface area contributed by atoms with Gasteiger partial charge in [-0.05, 0) is 24.8 Å². The van der Waals surface area contributed by atoms with Crippen LogP contribution in [0.3, 0.4) is 0 Å². The fourth-order valence-corrected chi connectivity index (χ4v) is 1.43. The molecule has 0 saturated carbocycles. The first-order chi connectivity index (χ1) is 5.47. The van der Waals surface area contributed by atoms with Crippen molar-refractivity contribution in [2.45, 2.75) is 33.1 Å². The van der Waals surface area contributed by atoms with Crippen molar-refractivity contribution in [3.8, 4) is 0 Å². The maximum Gasteiger partial charge on any atom is 0.0869 e. The molecule has 1 aliphatic carbocycles. The van der Waals surface area contributed by atoms with E-state index in [1.807, 2.05) is 20.2 Å². The van der Waals surface area contributed by atoms with Crippen molar-refractivity contribution in [1.29, 1.82) is 0 Å². The van der Waals surface area contributed by atoms with E-state index in [0.717, 1.165) is 6.54 Å². The van der Waals surface area contributed by atoms with Crippen LogP contribution in [0.25, 0.3) is 0 Å². The Morgan fingerprint density at radius 1 is 1.36 bits per heavy atom. The van der Waals surface area contributed by atoms with E-state index < -0.39 is 0 Å². The zero-order chi connectivity index (χ0) is 8.10. The van der Waals surface area contributed by atoms with Crippen LogP contribution in [0.4, 0.5) is 0 Å². The first kappa shape index (κ1) is 8.31. The second-order valence-electron chi connectivity index (χ2n) is 2.55. The van der Waals surface area contributed by atoms with Gasteiger partial charge in [-0.3, -0.25) is 4.99 Å². The van der Waals surface area contributed by atoms with E-state index in [0.29, 0.717) is 0 Å². The number of allylic oxidation sites excluding steroid dienone is 1. The molecule has 2 rings (SSSR count). The van der Waals surface area contributed by atoms with Crippen molar-refractivity contribution >= 4 is 6.34 Å². The fraction of sp³-hybridized carbons (Fsp3) is 0.667. The van der Waals surface area contributed by atoms with Crippen LogP contribution >= 0.6 is 0 Å². The molecular formula is C9H16N2. The molecule has 0 aromatic carbocycles. The van der Waals surface area contributed by atoms with Crippen LogP contribution in [0.2, 0.25) is 0 Å². The smallest absolute Gasteiger partial charge is 0.0869 e. The lowest BCUT2D eigenvalue weighted by Gasteiger charge is -2.08. The van der Waals surface area contributed by atoms with Gasteiger partial charge in [-0.2, -0.15) is 0 Å². The zero-order valence-electron chi connectivity index (χ0n) is 7.35. The van der Waals surface area contributed by atoms with Crippen LogP contribution in [0, 0.1) is 0 Å². The molecule has 0 aromatic rings. The molecule has 0 spiro atoms. The zero-order valence-corrected chi connectivity index (χ0v) is 7.35. The predicted molar refractivity (Wildman–Crippen MR) is 48.7 cm³/mol. The topological polar surface area (TPSA) is 24.4 Å². The van der Waals surface area contributed by atoms with Gasteiger partial charge >= 0.3 is 0 Å². The van der Waals surface area contributed by atoms with Gasteiger partial charge in [0.15, 0.2) is 0 Å². The molecule has 1 aliphatic heterocycles. The molecule has 2 nitrogen and oxygen atoms in total. The largest absolute Gasteiger partial charge is 0.350 e. The Bertz CT molecular complexity index is 162. The third-order valence-electron chi connectivity index (χ3n) is 1.94. The predicted octanol–water partition coefficient (Wildman–Crippen LogP) is 2.08. The number of nitrogens with one attached hydrogen (secondary N) is 1. The summed E-state index contributed by atoms with van der Waals surface area (Å²) in [5, 5.41) is 3.17. The molecule has 62 valence electrons. The summed E-state index contributed by atoms with van der Waals surface area (Å²) in [4.78, 5) is 4.13. The highest BCUT2D eigenvalue weighted by molar-refractivity contribution is 5.60. The van der Waals surface area contributed by atoms with Gasteiger partial charge in [-0.1, -0.05) is 13.8 Å². The van der Waals surface area contributed by atoms with Crippen LogP contribution in [-0.4, -0.2) is 12.9 Å². The Morgan fingerprint density at radius 3 is 2.91 bits per heavy atom. The summed E-state index contributed by atoms with van der Waals surface area (Å²) in [6, 6.07) is 0. The van der Waals surface area contributed by atoms with E-state index in [9.17, 15) is 0 Å². The summed E-state index contributed by atoms with van der Waals surface area (Å²) in [5.41, 5.74) is 2.96. The number of hydrogen-bond donors (Lipinski definition) is 1. The first-order valence-electron chi connectivity index (χ1n) is 4.42. The second-order valence-corrected chi connectivity index (χ2v) is 2.55. The van der Waals surface area contributed by atoms with E-state index in [1.165, 1.54) is 30.5 Å². The Hall–Kier alpha value is -0.790. The van der Waals surface area contributed by atoms with Gasteiger partial charge in [0.25, 0.3) is 0 Å². The quantitative estimate of drug-likeness (QED) is 0.564. The summed E-state index contributed by atoms with van der Waals surface area (Å²) in [5.74, 6) is 0. The number of hydrogen-bond acceptors (Lipinski definition) is 2. The molecule has 0 amide bonds.